The summed E-state index contributed by atoms with van der Waals surface area (Å²) in [5, 5.41) is 4.42. The number of nitrogens with zero attached hydrogens (tertiary/aromatic N) is 2. The summed E-state index contributed by atoms with van der Waals surface area (Å²) in [4.78, 5) is 20.5. The quantitative estimate of drug-likeness (QED) is 0.781. The van der Waals surface area contributed by atoms with Crippen molar-refractivity contribution in [1.29, 1.82) is 0 Å². The van der Waals surface area contributed by atoms with E-state index in [9.17, 15) is 4.79 Å². The number of pyridine rings is 1. The van der Waals surface area contributed by atoms with Crippen LogP contribution in [0.15, 0.2) is 55.0 Å². The predicted octanol–water partition coefficient (Wildman–Crippen LogP) is 3.39. The van der Waals surface area contributed by atoms with Crippen LogP contribution in [0.3, 0.4) is 0 Å². The molecule has 0 bridgehead atoms. The second-order valence-corrected chi connectivity index (χ2v) is 5.88. The minimum atomic E-state index is -0.0837. The van der Waals surface area contributed by atoms with Crippen molar-refractivity contribution in [3.8, 4) is 16.3 Å². The van der Waals surface area contributed by atoms with Gasteiger partial charge in [0, 0.05) is 18.0 Å². The minimum absolute atomic E-state index is 0.0837. The van der Waals surface area contributed by atoms with Gasteiger partial charge < -0.3 is 10.1 Å². The van der Waals surface area contributed by atoms with E-state index in [0.717, 1.165) is 26.9 Å². The van der Waals surface area contributed by atoms with Gasteiger partial charge in [0.05, 0.1) is 19.7 Å². The molecule has 2 aromatic heterocycles. The monoisotopic (exact) mass is 325 g/mol. The normalized spacial score (nSPS) is 10.3. The Balaban J connectivity index is 1.65. The first-order chi connectivity index (χ1) is 11.2. The number of carbonyl (C=O) groups excluding carboxylic acids is 1. The van der Waals surface area contributed by atoms with Gasteiger partial charge in [-0.2, -0.15) is 0 Å². The average molecular weight is 325 g/mol. The van der Waals surface area contributed by atoms with E-state index < -0.39 is 0 Å². The predicted molar refractivity (Wildman–Crippen MR) is 90.7 cm³/mol. The van der Waals surface area contributed by atoms with Crippen LogP contribution in [-0.2, 0) is 11.2 Å². The Morgan fingerprint density at radius 1 is 1.26 bits per heavy atom. The van der Waals surface area contributed by atoms with E-state index in [4.69, 9.17) is 4.74 Å². The molecule has 0 aliphatic carbocycles. The summed E-state index contributed by atoms with van der Waals surface area (Å²) >= 11 is 1.42. The Morgan fingerprint density at radius 3 is 2.96 bits per heavy atom. The second-order valence-electron chi connectivity index (χ2n) is 4.85. The van der Waals surface area contributed by atoms with Gasteiger partial charge in [0.2, 0.25) is 5.91 Å². The molecular weight excluding hydrogens is 310 g/mol. The molecule has 0 radical (unpaired) electrons. The molecular formula is C17H15N3O2S. The van der Waals surface area contributed by atoms with Crippen molar-refractivity contribution >= 4 is 22.2 Å². The lowest BCUT2D eigenvalue weighted by Gasteiger charge is -2.04. The van der Waals surface area contributed by atoms with Gasteiger partial charge >= 0.3 is 0 Å². The van der Waals surface area contributed by atoms with Crippen molar-refractivity contribution in [3.05, 3.63) is 60.6 Å². The highest BCUT2D eigenvalue weighted by molar-refractivity contribution is 7.19. The molecule has 23 heavy (non-hydrogen) atoms. The fraction of sp³-hybridized carbons (Fsp3) is 0.118. The zero-order valence-electron chi connectivity index (χ0n) is 12.5. The highest BCUT2D eigenvalue weighted by atomic mass is 32.1. The van der Waals surface area contributed by atoms with Crippen LogP contribution >= 0.6 is 11.3 Å². The number of aromatic nitrogens is 2. The van der Waals surface area contributed by atoms with Gasteiger partial charge in [-0.25, -0.2) is 4.98 Å². The van der Waals surface area contributed by atoms with Crippen molar-refractivity contribution in [1.82, 2.24) is 9.97 Å². The molecule has 0 fully saturated rings. The van der Waals surface area contributed by atoms with Gasteiger partial charge in [-0.05, 0) is 29.8 Å². The van der Waals surface area contributed by atoms with Crippen molar-refractivity contribution in [3.63, 3.8) is 0 Å². The van der Waals surface area contributed by atoms with Gasteiger partial charge in [0.15, 0.2) is 0 Å². The molecule has 0 aliphatic heterocycles. The molecule has 116 valence electrons. The summed E-state index contributed by atoms with van der Waals surface area (Å²) in [6.07, 6.45) is 5.42. The van der Waals surface area contributed by atoms with Crippen LogP contribution < -0.4 is 10.1 Å². The van der Waals surface area contributed by atoms with Crippen LogP contribution in [0.25, 0.3) is 10.6 Å². The van der Waals surface area contributed by atoms with Crippen LogP contribution in [0.4, 0.5) is 5.00 Å². The maximum absolute atomic E-state index is 12.1. The molecule has 0 atom stereocenters. The SMILES string of the molecule is COc1cccc(CC(=O)Nc2cnc(-c3cccnc3)s2)c1. The smallest absolute Gasteiger partial charge is 0.229 e. The number of methoxy groups -OCH3 is 1. The van der Waals surface area contributed by atoms with Crippen LogP contribution in [0.2, 0.25) is 0 Å². The van der Waals surface area contributed by atoms with E-state index in [-0.39, 0.29) is 12.3 Å². The first-order valence-corrected chi connectivity index (χ1v) is 7.85. The van der Waals surface area contributed by atoms with Crippen molar-refractivity contribution in [2.24, 2.45) is 0 Å². The zero-order chi connectivity index (χ0) is 16.1. The first kappa shape index (κ1) is 15.2. The number of thiazole rings is 1. The minimum Gasteiger partial charge on any atom is -0.497 e. The number of anilines is 1. The van der Waals surface area contributed by atoms with E-state index in [1.807, 2.05) is 36.4 Å². The number of hydrogen-bond donors (Lipinski definition) is 1. The van der Waals surface area contributed by atoms with Crippen molar-refractivity contribution < 1.29 is 9.53 Å². The Labute approximate surface area is 138 Å². The Kier molecular flexibility index (Phi) is 4.63. The number of rotatable bonds is 5. The maximum atomic E-state index is 12.1. The number of carbonyl (C=O) groups is 1. The van der Waals surface area contributed by atoms with E-state index in [2.05, 4.69) is 15.3 Å². The molecule has 0 unspecified atom stereocenters. The lowest BCUT2D eigenvalue weighted by Crippen LogP contribution is -2.13. The molecule has 3 aromatic rings. The summed E-state index contributed by atoms with van der Waals surface area (Å²) in [5.41, 5.74) is 1.84. The van der Waals surface area contributed by atoms with Gasteiger partial charge in [-0.15, -0.1) is 0 Å². The van der Waals surface area contributed by atoms with E-state index in [1.165, 1.54) is 11.3 Å². The summed E-state index contributed by atoms with van der Waals surface area (Å²) in [6, 6.07) is 11.3. The number of benzene rings is 1. The fourth-order valence-corrected chi connectivity index (χ4v) is 2.93. The third-order valence-corrected chi connectivity index (χ3v) is 4.14. The molecule has 3 rings (SSSR count). The number of ether oxygens (including phenoxy) is 1. The largest absolute Gasteiger partial charge is 0.497 e. The van der Waals surface area contributed by atoms with Crippen LogP contribution in [0.1, 0.15) is 5.56 Å². The molecule has 0 aliphatic rings. The van der Waals surface area contributed by atoms with E-state index >= 15 is 0 Å². The van der Waals surface area contributed by atoms with Gasteiger partial charge in [0.25, 0.3) is 0 Å². The molecule has 1 amide bonds. The summed E-state index contributed by atoms with van der Waals surface area (Å²) in [7, 11) is 1.61. The number of amides is 1. The summed E-state index contributed by atoms with van der Waals surface area (Å²) < 4.78 is 5.16. The molecule has 1 aromatic carbocycles. The number of nitrogens with one attached hydrogen (secondary N) is 1. The number of hydrogen-bond acceptors (Lipinski definition) is 5. The molecule has 0 spiro atoms. The van der Waals surface area contributed by atoms with E-state index in [0.29, 0.717) is 0 Å². The molecule has 2 heterocycles. The molecule has 5 nitrogen and oxygen atoms in total. The molecule has 0 saturated heterocycles. The molecule has 1 N–H and O–H groups in total. The van der Waals surface area contributed by atoms with Crippen molar-refractivity contribution in [2.75, 3.05) is 12.4 Å². The first-order valence-electron chi connectivity index (χ1n) is 7.03. The Hall–Kier alpha value is -2.73. The molecule has 6 heteroatoms. The Bertz CT molecular complexity index is 802. The third kappa shape index (κ3) is 3.92. The highest BCUT2D eigenvalue weighted by Gasteiger charge is 2.09. The summed E-state index contributed by atoms with van der Waals surface area (Å²) in [6.45, 7) is 0. The van der Waals surface area contributed by atoms with Crippen LogP contribution in [0.5, 0.6) is 5.75 Å². The zero-order valence-corrected chi connectivity index (χ0v) is 13.3. The van der Waals surface area contributed by atoms with Crippen molar-refractivity contribution in [2.45, 2.75) is 6.42 Å². The van der Waals surface area contributed by atoms with Gasteiger partial charge in [0.1, 0.15) is 15.8 Å². The molecule has 0 saturated carbocycles. The fourth-order valence-electron chi connectivity index (χ4n) is 2.10. The van der Waals surface area contributed by atoms with Gasteiger partial charge in [-0.1, -0.05) is 23.5 Å². The van der Waals surface area contributed by atoms with Gasteiger partial charge in [-0.3, -0.25) is 9.78 Å². The Morgan fingerprint density at radius 2 is 2.17 bits per heavy atom. The average Bonchev–Trinajstić information content (AvgIpc) is 3.04. The maximum Gasteiger partial charge on any atom is 0.229 e. The lowest BCUT2D eigenvalue weighted by atomic mass is 10.1. The van der Waals surface area contributed by atoms with Crippen LogP contribution in [-0.4, -0.2) is 23.0 Å². The topological polar surface area (TPSA) is 64.1 Å². The third-order valence-electron chi connectivity index (χ3n) is 3.18. The van der Waals surface area contributed by atoms with Crippen LogP contribution in [0, 0.1) is 0 Å². The second kappa shape index (κ2) is 7.02. The lowest BCUT2D eigenvalue weighted by molar-refractivity contribution is -0.115. The van der Waals surface area contributed by atoms with E-state index in [1.54, 1.807) is 25.7 Å². The highest BCUT2D eigenvalue weighted by Crippen LogP contribution is 2.27. The summed E-state index contributed by atoms with van der Waals surface area (Å²) in [5.74, 6) is 0.659. The standard InChI is InChI=1S/C17H15N3O2S/c1-22-14-6-2-4-12(8-14)9-15(21)20-16-11-19-17(23-16)13-5-3-7-18-10-13/h2-8,10-11H,9H2,1H3,(H,20,21).